The van der Waals surface area contributed by atoms with E-state index in [0.29, 0.717) is 27.4 Å². The van der Waals surface area contributed by atoms with Gasteiger partial charge >= 0.3 is 12.6 Å². The van der Waals surface area contributed by atoms with E-state index in [0.717, 1.165) is 15.8 Å². The summed E-state index contributed by atoms with van der Waals surface area (Å²) in [6.45, 7) is 2.13. The van der Waals surface area contributed by atoms with Crippen LogP contribution in [-0.4, -0.2) is 30.4 Å². The number of carbonyl (C=O) groups excluding carboxylic acids is 1. The van der Waals surface area contributed by atoms with Crippen molar-refractivity contribution in [3.05, 3.63) is 89.0 Å². The lowest BCUT2D eigenvalue weighted by Gasteiger charge is -2.26. The van der Waals surface area contributed by atoms with Gasteiger partial charge in [0, 0.05) is 15.6 Å². The van der Waals surface area contributed by atoms with Crippen LogP contribution in [0.25, 0.3) is 6.08 Å². The first-order valence-electron chi connectivity index (χ1n) is 11.2. The minimum absolute atomic E-state index is 0.0640. The van der Waals surface area contributed by atoms with E-state index in [9.17, 15) is 18.4 Å². The highest BCUT2D eigenvalue weighted by Crippen LogP contribution is 2.37. The van der Waals surface area contributed by atoms with Crippen LogP contribution in [0.4, 0.5) is 8.78 Å². The summed E-state index contributed by atoms with van der Waals surface area (Å²) in [5.74, 6) is -0.206. The minimum atomic E-state index is -3.02. The third kappa shape index (κ3) is 5.52. The standard InChI is InChI=1S/C26H23BrF2N2O5S/c1-13(2)35-24(33)21-14(3)30-26-31(22(21)17-12-16(27)9-10-19(17)34-4)23(32)20(37-26)11-15-7-5-6-8-18(15)36-25(28)29/h5-13,22,25H,1-4H3/b20-11-/t22-/m0/s1. The average molecular weight is 593 g/mol. The topological polar surface area (TPSA) is 79.1 Å². The largest absolute Gasteiger partial charge is 0.496 e. The first-order valence-corrected chi connectivity index (χ1v) is 12.8. The van der Waals surface area contributed by atoms with Crippen LogP contribution in [0.3, 0.4) is 0 Å². The summed E-state index contributed by atoms with van der Waals surface area (Å²) >= 11 is 4.54. The molecule has 0 fully saturated rings. The quantitative estimate of drug-likeness (QED) is 0.376. The Morgan fingerprint density at radius 2 is 1.92 bits per heavy atom. The molecule has 4 rings (SSSR count). The van der Waals surface area contributed by atoms with Gasteiger partial charge in [0.15, 0.2) is 4.80 Å². The van der Waals surface area contributed by atoms with Crippen molar-refractivity contribution in [3.8, 4) is 11.5 Å². The van der Waals surface area contributed by atoms with E-state index in [2.05, 4.69) is 25.7 Å². The van der Waals surface area contributed by atoms with Gasteiger partial charge in [-0.05, 0) is 51.1 Å². The first-order chi connectivity index (χ1) is 17.6. The molecule has 0 bridgehead atoms. The van der Waals surface area contributed by atoms with Gasteiger partial charge in [-0.15, -0.1) is 0 Å². The second-order valence-corrected chi connectivity index (χ2v) is 10.3. The summed E-state index contributed by atoms with van der Waals surface area (Å²) < 4.78 is 43.9. The number of nitrogens with zero attached hydrogens (tertiary/aromatic N) is 2. The molecule has 194 valence electrons. The molecular weight excluding hydrogens is 570 g/mol. The van der Waals surface area contributed by atoms with Gasteiger partial charge in [-0.1, -0.05) is 45.5 Å². The van der Waals surface area contributed by atoms with E-state index in [4.69, 9.17) is 9.47 Å². The Balaban J connectivity index is 1.99. The zero-order valence-corrected chi connectivity index (χ0v) is 22.7. The number of alkyl halides is 2. The molecule has 0 radical (unpaired) electrons. The number of para-hydroxylation sites is 1. The number of ether oxygens (including phenoxy) is 3. The van der Waals surface area contributed by atoms with Gasteiger partial charge in [-0.3, -0.25) is 9.36 Å². The van der Waals surface area contributed by atoms with Gasteiger partial charge in [0.05, 0.1) is 29.0 Å². The Bertz CT molecular complexity index is 1560. The Morgan fingerprint density at radius 1 is 1.19 bits per heavy atom. The lowest BCUT2D eigenvalue weighted by atomic mass is 9.95. The molecule has 7 nitrogen and oxygen atoms in total. The molecule has 1 atom stereocenters. The van der Waals surface area contributed by atoms with Crippen LogP contribution in [0.2, 0.25) is 0 Å². The van der Waals surface area contributed by atoms with E-state index in [1.165, 1.54) is 23.8 Å². The highest BCUT2D eigenvalue weighted by atomic mass is 79.9. The Hall–Kier alpha value is -3.31. The molecule has 0 amide bonds. The van der Waals surface area contributed by atoms with E-state index >= 15 is 0 Å². The van der Waals surface area contributed by atoms with Crippen molar-refractivity contribution in [2.75, 3.05) is 7.11 Å². The predicted molar refractivity (Wildman–Crippen MR) is 139 cm³/mol. The molecule has 0 aliphatic carbocycles. The first kappa shape index (κ1) is 26.7. The van der Waals surface area contributed by atoms with Gasteiger partial charge in [-0.25, -0.2) is 9.79 Å². The molecule has 0 N–H and O–H groups in total. The molecule has 11 heteroatoms. The summed E-state index contributed by atoms with van der Waals surface area (Å²) in [7, 11) is 1.50. The van der Waals surface area contributed by atoms with Crippen molar-refractivity contribution >= 4 is 39.3 Å². The molecule has 0 saturated carbocycles. The molecule has 1 aliphatic rings. The maximum atomic E-state index is 13.8. The second-order valence-electron chi connectivity index (χ2n) is 8.34. The number of hydrogen-bond donors (Lipinski definition) is 0. The molecule has 0 spiro atoms. The van der Waals surface area contributed by atoms with Gasteiger partial charge in [-0.2, -0.15) is 8.78 Å². The number of esters is 1. The van der Waals surface area contributed by atoms with Crippen LogP contribution < -0.4 is 24.4 Å². The zero-order chi connectivity index (χ0) is 26.9. The maximum Gasteiger partial charge on any atom is 0.387 e. The van der Waals surface area contributed by atoms with Crippen molar-refractivity contribution in [3.63, 3.8) is 0 Å². The normalized spacial score (nSPS) is 15.6. The summed E-state index contributed by atoms with van der Waals surface area (Å²) in [6.07, 6.45) is 1.08. The monoisotopic (exact) mass is 592 g/mol. The van der Waals surface area contributed by atoms with Crippen LogP contribution >= 0.6 is 27.3 Å². The van der Waals surface area contributed by atoms with Crippen LogP contribution in [0.1, 0.15) is 37.9 Å². The fourth-order valence-corrected chi connectivity index (χ4v) is 5.43. The lowest BCUT2D eigenvalue weighted by Crippen LogP contribution is -2.40. The van der Waals surface area contributed by atoms with E-state index < -0.39 is 30.3 Å². The molecule has 2 aromatic carbocycles. The second kappa shape index (κ2) is 11.0. The number of hydrogen-bond acceptors (Lipinski definition) is 7. The average Bonchev–Trinajstić information content (AvgIpc) is 3.13. The van der Waals surface area contributed by atoms with Crippen molar-refractivity contribution in [1.29, 1.82) is 0 Å². The van der Waals surface area contributed by atoms with Crippen molar-refractivity contribution < 1.29 is 27.8 Å². The van der Waals surface area contributed by atoms with Gasteiger partial charge in [0.1, 0.15) is 17.5 Å². The number of fused-ring (bicyclic) bond motifs is 1. The fourth-order valence-electron chi connectivity index (χ4n) is 4.02. The third-order valence-corrected chi connectivity index (χ3v) is 6.97. The van der Waals surface area contributed by atoms with Crippen molar-refractivity contribution in [2.45, 2.75) is 39.5 Å². The highest BCUT2D eigenvalue weighted by molar-refractivity contribution is 9.10. The van der Waals surface area contributed by atoms with E-state index in [1.54, 1.807) is 57.2 Å². The Kier molecular flexibility index (Phi) is 7.93. The fraction of sp³-hybridized carbons (Fsp3) is 0.269. The Labute approximate surface area is 223 Å². The summed E-state index contributed by atoms with van der Waals surface area (Å²) in [5, 5.41) is 0. The number of methoxy groups -OCH3 is 1. The number of allylic oxidation sites excluding steroid dienone is 1. The van der Waals surface area contributed by atoms with E-state index in [-0.39, 0.29) is 15.9 Å². The van der Waals surface area contributed by atoms with Crippen LogP contribution in [-0.2, 0) is 9.53 Å². The predicted octanol–water partition coefficient (Wildman–Crippen LogP) is 4.56. The van der Waals surface area contributed by atoms with Gasteiger partial charge < -0.3 is 14.2 Å². The highest BCUT2D eigenvalue weighted by Gasteiger charge is 2.35. The molecular formula is C26H23BrF2N2O5S. The molecule has 1 aliphatic heterocycles. The van der Waals surface area contributed by atoms with Crippen LogP contribution in [0.5, 0.6) is 11.5 Å². The van der Waals surface area contributed by atoms with Crippen LogP contribution in [0, 0.1) is 0 Å². The molecule has 3 aromatic rings. The number of halogens is 3. The Morgan fingerprint density at radius 3 is 2.59 bits per heavy atom. The summed E-state index contributed by atoms with van der Waals surface area (Å²) in [5.41, 5.74) is 0.998. The SMILES string of the molecule is COc1ccc(Br)cc1[C@H]1C(C(=O)OC(C)C)=C(C)N=c2s/c(=C\c3ccccc3OC(F)F)c(=O)n21. The lowest BCUT2D eigenvalue weighted by molar-refractivity contribution is -0.143. The van der Waals surface area contributed by atoms with Gasteiger partial charge in [0.25, 0.3) is 5.56 Å². The number of aromatic nitrogens is 1. The zero-order valence-electron chi connectivity index (χ0n) is 20.3. The number of carbonyl (C=O) groups is 1. The summed E-state index contributed by atoms with van der Waals surface area (Å²) in [6, 6.07) is 10.6. The maximum absolute atomic E-state index is 13.8. The van der Waals surface area contributed by atoms with Crippen molar-refractivity contribution in [1.82, 2.24) is 4.57 Å². The molecule has 2 heterocycles. The molecule has 37 heavy (non-hydrogen) atoms. The van der Waals surface area contributed by atoms with Crippen LogP contribution in [0.15, 0.2) is 68.0 Å². The summed E-state index contributed by atoms with van der Waals surface area (Å²) in [4.78, 5) is 31.9. The van der Waals surface area contributed by atoms with E-state index in [1.807, 2.05) is 0 Å². The number of thiazole rings is 1. The molecule has 0 unspecified atom stereocenters. The third-order valence-electron chi connectivity index (χ3n) is 5.49. The molecule has 0 saturated heterocycles. The van der Waals surface area contributed by atoms with Gasteiger partial charge in [0.2, 0.25) is 0 Å². The number of benzene rings is 2. The number of rotatable bonds is 7. The van der Waals surface area contributed by atoms with Crippen molar-refractivity contribution in [2.24, 2.45) is 4.99 Å². The molecule has 1 aromatic heterocycles. The minimum Gasteiger partial charge on any atom is -0.496 e. The smallest absolute Gasteiger partial charge is 0.387 e.